The van der Waals surface area contributed by atoms with Gasteiger partial charge in [0.05, 0.1) is 12.9 Å². The van der Waals surface area contributed by atoms with E-state index in [0.717, 1.165) is 38.2 Å². The maximum absolute atomic E-state index is 12.6. The first-order valence-corrected chi connectivity index (χ1v) is 12.4. The highest BCUT2D eigenvalue weighted by Gasteiger charge is 2.26. The van der Waals surface area contributed by atoms with Gasteiger partial charge in [0.2, 0.25) is 0 Å². The van der Waals surface area contributed by atoms with E-state index in [4.69, 9.17) is 9.15 Å². The summed E-state index contributed by atoms with van der Waals surface area (Å²) in [5.74, 6) is 1.58. The normalized spacial score (nSPS) is 16.1. The van der Waals surface area contributed by atoms with Crippen LogP contribution in [-0.4, -0.2) is 42.5 Å². The van der Waals surface area contributed by atoms with Crippen molar-refractivity contribution in [1.29, 1.82) is 0 Å². The number of hydrogen-bond donors (Lipinski definition) is 0. The molecule has 1 saturated heterocycles. The Morgan fingerprint density at radius 3 is 2.66 bits per heavy atom. The monoisotopic (exact) mass is 468 g/mol. The van der Waals surface area contributed by atoms with Crippen LogP contribution in [0.25, 0.3) is 10.8 Å². The van der Waals surface area contributed by atoms with E-state index in [1.165, 1.54) is 21.9 Å². The van der Waals surface area contributed by atoms with Gasteiger partial charge in [0, 0.05) is 32.1 Å². The van der Waals surface area contributed by atoms with Crippen LogP contribution < -0.4 is 4.74 Å². The van der Waals surface area contributed by atoms with Crippen LogP contribution in [0.4, 0.5) is 0 Å². The van der Waals surface area contributed by atoms with Crippen molar-refractivity contribution in [1.82, 2.24) is 9.80 Å². The van der Waals surface area contributed by atoms with Gasteiger partial charge in [0.1, 0.15) is 5.75 Å². The zero-order valence-electron chi connectivity index (χ0n) is 20.2. The Bertz CT molecular complexity index is 1250. The van der Waals surface area contributed by atoms with Gasteiger partial charge in [-0.15, -0.1) is 0 Å². The highest BCUT2D eigenvalue weighted by Crippen LogP contribution is 2.23. The summed E-state index contributed by atoms with van der Waals surface area (Å²) in [4.78, 5) is 16.8. The number of piperidine rings is 1. The van der Waals surface area contributed by atoms with Gasteiger partial charge in [-0.05, 0) is 66.1 Å². The van der Waals surface area contributed by atoms with Crippen LogP contribution >= 0.6 is 0 Å². The van der Waals surface area contributed by atoms with Crippen LogP contribution in [0.2, 0.25) is 0 Å². The zero-order chi connectivity index (χ0) is 24.0. The number of furan rings is 1. The topological polar surface area (TPSA) is 45.9 Å². The van der Waals surface area contributed by atoms with E-state index in [9.17, 15) is 4.79 Å². The number of benzene rings is 3. The zero-order valence-corrected chi connectivity index (χ0v) is 20.2. The molecule has 3 aromatic carbocycles. The molecule has 0 radical (unpaired) electrons. The Hall–Kier alpha value is -3.57. The number of amides is 1. The number of nitrogens with zero attached hydrogens (tertiary/aromatic N) is 2. The van der Waals surface area contributed by atoms with E-state index < -0.39 is 0 Å². The minimum Gasteiger partial charge on any atom is -0.493 e. The van der Waals surface area contributed by atoms with Gasteiger partial charge in [-0.1, -0.05) is 54.6 Å². The standard InChI is InChI=1S/C30H32N2O3/c1-31(21-26-10-4-9-25-8-2-3-11-28(25)26)19-23-13-15-27(16-14-23)35-22-24-7-5-17-32(20-24)30(33)29-12-6-18-34-29/h2-4,6,8-16,18,24H,5,7,17,19-22H2,1H3/t24-/m1/s1. The lowest BCUT2D eigenvalue weighted by Crippen LogP contribution is -2.41. The molecule has 2 heterocycles. The highest BCUT2D eigenvalue weighted by molar-refractivity contribution is 5.91. The lowest BCUT2D eigenvalue weighted by Gasteiger charge is -2.32. The summed E-state index contributed by atoms with van der Waals surface area (Å²) >= 11 is 0. The summed E-state index contributed by atoms with van der Waals surface area (Å²) in [5.41, 5.74) is 2.60. The first-order valence-electron chi connectivity index (χ1n) is 12.4. The summed E-state index contributed by atoms with van der Waals surface area (Å²) in [6, 6.07) is 26.9. The van der Waals surface area contributed by atoms with Gasteiger partial charge >= 0.3 is 0 Å². The molecule has 5 nitrogen and oxygen atoms in total. The minimum absolute atomic E-state index is 0.0309. The molecule has 0 bridgehead atoms. The van der Waals surface area contributed by atoms with Crippen molar-refractivity contribution >= 4 is 16.7 Å². The van der Waals surface area contributed by atoms with E-state index in [-0.39, 0.29) is 5.91 Å². The lowest BCUT2D eigenvalue weighted by atomic mass is 9.98. The van der Waals surface area contributed by atoms with Crippen molar-refractivity contribution in [3.8, 4) is 5.75 Å². The van der Waals surface area contributed by atoms with E-state index in [1.807, 2.05) is 4.90 Å². The molecule has 1 fully saturated rings. The van der Waals surface area contributed by atoms with Gasteiger partial charge in [-0.2, -0.15) is 0 Å². The number of ether oxygens (including phenoxy) is 1. The molecular formula is C30H32N2O3. The molecule has 1 aromatic heterocycles. The molecule has 180 valence electrons. The third-order valence-corrected chi connectivity index (χ3v) is 6.72. The third kappa shape index (κ3) is 5.75. The highest BCUT2D eigenvalue weighted by atomic mass is 16.5. The summed E-state index contributed by atoms with van der Waals surface area (Å²) in [5, 5.41) is 2.60. The number of fused-ring (bicyclic) bond motifs is 1. The van der Waals surface area contributed by atoms with Crippen LogP contribution in [0, 0.1) is 5.92 Å². The summed E-state index contributed by atoms with van der Waals surface area (Å²) < 4.78 is 11.4. The molecule has 1 atom stereocenters. The SMILES string of the molecule is CN(Cc1ccc(OC[C@@H]2CCCN(C(=O)c3ccco3)C2)cc1)Cc1cccc2ccccc12. The molecule has 0 N–H and O–H groups in total. The quantitative estimate of drug-likeness (QED) is 0.318. The molecular weight excluding hydrogens is 436 g/mol. The number of likely N-dealkylation sites (tertiary alicyclic amines) is 1. The van der Waals surface area contributed by atoms with E-state index in [0.29, 0.717) is 24.8 Å². The second kappa shape index (κ2) is 10.8. The van der Waals surface area contributed by atoms with E-state index >= 15 is 0 Å². The summed E-state index contributed by atoms with van der Waals surface area (Å²) in [6.07, 6.45) is 3.60. The van der Waals surface area contributed by atoms with Crippen molar-refractivity contribution in [3.05, 3.63) is 102 Å². The largest absolute Gasteiger partial charge is 0.493 e. The Balaban J connectivity index is 1.12. The fourth-order valence-corrected chi connectivity index (χ4v) is 4.94. The van der Waals surface area contributed by atoms with Crippen LogP contribution in [0.3, 0.4) is 0 Å². The maximum atomic E-state index is 12.6. The average molecular weight is 469 g/mol. The second-order valence-electron chi connectivity index (χ2n) is 9.50. The van der Waals surface area contributed by atoms with Gasteiger partial charge in [-0.3, -0.25) is 9.69 Å². The third-order valence-electron chi connectivity index (χ3n) is 6.72. The fourth-order valence-electron chi connectivity index (χ4n) is 4.94. The second-order valence-corrected chi connectivity index (χ2v) is 9.50. The van der Waals surface area contributed by atoms with Crippen LogP contribution in [0.1, 0.15) is 34.5 Å². The number of rotatable bonds is 8. The predicted octanol–water partition coefficient (Wildman–Crippen LogP) is 6.00. The molecule has 0 saturated carbocycles. The van der Waals surface area contributed by atoms with E-state index in [2.05, 4.69) is 78.7 Å². The summed E-state index contributed by atoms with van der Waals surface area (Å²) in [6.45, 7) is 3.86. The average Bonchev–Trinajstić information content (AvgIpc) is 3.43. The van der Waals surface area contributed by atoms with Crippen molar-refractivity contribution in [2.75, 3.05) is 26.7 Å². The Morgan fingerprint density at radius 2 is 1.83 bits per heavy atom. The van der Waals surface area contributed by atoms with Crippen LogP contribution in [0.15, 0.2) is 89.5 Å². The van der Waals surface area contributed by atoms with Crippen molar-refractivity contribution in [2.24, 2.45) is 5.92 Å². The molecule has 5 heteroatoms. The van der Waals surface area contributed by atoms with Crippen molar-refractivity contribution in [2.45, 2.75) is 25.9 Å². The Labute approximate surface area is 206 Å². The molecule has 5 rings (SSSR count). The number of carbonyl (C=O) groups excluding carboxylic acids is 1. The molecule has 1 aliphatic heterocycles. The smallest absolute Gasteiger partial charge is 0.289 e. The Morgan fingerprint density at radius 1 is 1.00 bits per heavy atom. The maximum Gasteiger partial charge on any atom is 0.289 e. The lowest BCUT2D eigenvalue weighted by molar-refractivity contribution is 0.0602. The molecule has 1 aliphatic rings. The first kappa shape index (κ1) is 23.2. The minimum atomic E-state index is -0.0309. The molecule has 35 heavy (non-hydrogen) atoms. The molecule has 0 spiro atoms. The predicted molar refractivity (Wildman–Crippen MR) is 138 cm³/mol. The van der Waals surface area contributed by atoms with Gasteiger partial charge in [-0.25, -0.2) is 0 Å². The number of carbonyl (C=O) groups is 1. The Kier molecular flexibility index (Phi) is 7.15. The van der Waals surface area contributed by atoms with Gasteiger partial charge in [0.25, 0.3) is 5.91 Å². The fraction of sp³-hybridized carbons (Fsp3) is 0.300. The van der Waals surface area contributed by atoms with Crippen LogP contribution in [0.5, 0.6) is 5.75 Å². The number of hydrogen-bond acceptors (Lipinski definition) is 4. The summed E-state index contributed by atoms with van der Waals surface area (Å²) in [7, 11) is 2.16. The molecule has 0 unspecified atom stereocenters. The molecule has 4 aromatic rings. The van der Waals surface area contributed by atoms with E-state index in [1.54, 1.807) is 18.4 Å². The molecule has 0 aliphatic carbocycles. The van der Waals surface area contributed by atoms with Crippen molar-refractivity contribution in [3.63, 3.8) is 0 Å². The van der Waals surface area contributed by atoms with Crippen molar-refractivity contribution < 1.29 is 13.9 Å². The molecule has 1 amide bonds. The van der Waals surface area contributed by atoms with Gasteiger partial charge in [0.15, 0.2) is 5.76 Å². The van der Waals surface area contributed by atoms with Crippen LogP contribution in [-0.2, 0) is 13.1 Å². The van der Waals surface area contributed by atoms with Gasteiger partial charge < -0.3 is 14.1 Å². The first-order chi connectivity index (χ1) is 17.2.